The van der Waals surface area contributed by atoms with E-state index < -0.39 is 90.7 Å². The van der Waals surface area contributed by atoms with Crippen molar-refractivity contribution < 1.29 is 69.3 Å². The molecule has 0 unspecified atom stereocenters. The summed E-state index contributed by atoms with van der Waals surface area (Å²) in [7, 11) is 0. The van der Waals surface area contributed by atoms with Gasteiger partial charge in [-0.2, -0.15) is 0 Å². The zero-order valence-corrected chi connectivity index (χ0v) is 21.9. The van der Waals surface area contributed by atoms with E-state index in [2.05, 4.69) is 0 Å². The first-order chi connectivity index (χ1) is 19.9. The van der Waals surface area contributed by atoms with Crippen LogP contribution >= 0.6 is 0 Å². The maximum atomic E-state index is 12.8. The molecular formula is C27H30O15. The Morgan fingerprint density at radius 1 is 0.762 bits per heavy atom. The number of benzene rings is 2. The van der Waals surface area contributed by atoms with Gasteiger partial charge in [-0.3, -0.25) is 4.79 Å². The number of aromatic hydroxyl groups is 3. The number of hydrogen-bond acceptors (Lipinski definition) is 15. The number of aliphatic hydroxyl groups excluding tert-OH is 6. The van der Waals surface area contributed by atoms with E-state index in [-0.39, 0.29) is 22.5 Å². The fourth-order valence-corrected chi connectivity index (χ4v) is 4.74. The van der Waals surface area contributed by atoms with E-state index in [0.29, 0.717) is 5.56 Å². The molecule has 3 aromatic rings. The molecule has 10 atom stereocenters. The van der Waals surface area contributed by atoms with Gasteiger partial charge in [0.1, 0.15) is 65.2 Å². The van der Waals surface area contributed by atoms with Gasteiger partial charge in [-0.1, -0.05) is 0 Å². The van der Waals surface area contributed by atoms with E-state index in [1.807, 2.05) is 0 Å². The van der Waals surface area contributed by atoms with Crippen LogP contribution in [0.2, 0.25) is 0 Å². The van der Waals surface area contributed by atoms with Crippen LogP contribution in [-0.4, -0.2) is 114 Å². The molecule has 1 aromatic heterocycles. The molecule has 2 saturated heterocycles. The summed E-state index contributed by atoms with van der Waals surface area (Å²) in [5.41, 5.74) is -0.515. The normalized spacial score (nSPS) is 33.5. The molecule has 0 bridgehead atoms. The van der Waals surface area contributed by atoms with E-state index >= 15 is 0 Å². The number of ether oxygens (including phenoxy) is 4. The number of phenolic OH excluding ortho intramolecular Hbond substituents is 3. The number of fused-ring (bicyclic) bond motifs is 1. The van der Waals surface area contributed by atoms with Gasteiger partial charge in [-0.15, -0.1) is 0 Å². The highest BCUT2D eigenvalue weighted by Crippen LogP contribution is 2.42. The molecule has 3 heterocycles. The monoisotopic (exact) mass is 594 g/mol. The molecule has 0 spiro atoms. The summed E-state index contributed by atoms with van der Waals surface area (Å²) in [5.74, 6) is -2.27. The first-order valence-corrected chi connectivity index (χ1v) is 12.9. The average molecular weight is 595 g/mol. The third-order valence-corrected chi connectivity index (χ3v) is 7.23. The van der Waals surface area contributed by atoms with Gasteiger partial charge in [0.2, 0.25) is 12.0 Å². The van der Waals surface area contributed by atoms with Crippen molar-refractivity contribution in [2.45, 2.75) is 68.3 Å². The minimum Gasteiger partial charge on any atom is -0.508 e. The van der Waals surface area contributed by atoms with Gasteiger partial charge in [0.25, 0.3) is 0 Å². The first-order valence-electron chi connectivity index (χ1n) is 12.9. The van der Waals surface area contributed by atoms with Crippen LogP contribution in [0.5, 0.6) is 23.0 Å². The van der Waals surface area contributed by atoms with E-state index in [4.69, 9.17) is 23.4 Å². The Labute approximate surface area is 236 Å². The van der Waals surface area contributed by atoms with Crippen LogP contribution in [0.15, 0.2) is 45.6 Å². The largest absolute Gasteiger partial charge is 0.508 e. The van der Waals surface area contributed by atoms with Gasteiger partial charge >= 0.3 is 0 Å². The first kappa shape index (κ1) is 30.0. The molecule has 42 heavy (non-hydrogen) atoms. The van der Waals surface area contributed by atoms with E-state index in [1.165, 1.54) is 31.2 Å². The van der Waals surface area contributed by atoms with E-state index in [9.17, 15) is 50.8 Å². The number of aliphatic hydroxyl groups is 6. The number of rotatable bonds is 6. The molecule has 5 rings (SSSR count). The van der Waals surface area contributed by atoms with Crippen molar-refractivity contribution in [2.24, 2.45) is 0 Å². The van der Waals surface area contributed by atoms with Crippen LogP contribution < -0.4 is 10.2 Å². The molecule has 0 radical (unpaired) electrons. The molecule has 0 saturated carbocycles. The van der Waals surface area contributed by atoms with Crippen molar-refractivity contribution in [1.82, 2.24) is 0 Å². The zero-order valence-electron chi connectivity index (χ0n) is 21.9. The van der Waals surface area contributed by atoms with Gasteiger partial charge in [0.15, 0.2) is 23.2 Å². The van der Waals surface area contributed by atoms with Crippen LogP contribution in [0.25, 0.3) is 22.3 Å². The number of hydrogen-bond donors (Lipinski definition) is 9. The van der Waals surface area contributed by atoms with Gasteiger partial charge in [-0.05, 0) is 31.2 Å². The lowest BCUT2D eigenvalue weighted by molar-refractivity contribution is -0.318. The standard InChI is InChI=1S/C27H30O15/c1-9-18(30)22(34)24(36)26(39-9)38-8-16-20(32)23(35)25(37)27(42-16)41-15-7-14-17(21(33)19(15)31)12(29)6-13(40-14)10-2-4-11(28)5-3-10/h2-7,9,16,18,20,22-28,30-37H,8H2,1H3/t9-,16-,18+,20-,22-,23-,24-,25-,26-,27-/m1/s1. The lowest BCUT2D eigenvalue weighted by Gasteiger charge is -2.42. The molecule has 9 N–H and O–H groups in total. The lowest BCUT2D eigenvalue weighted by atomic mass is 9.98. The third-order valence-electron chi connectivity index (χ3n) is 7.23. The molecule has 228 valence electrons. The second-order valence-electron chi connectivity index (χ2n) is 10.1. The second kappa shape index (κ2) is 11.6. The Hall–Kier alpha value is -3.51. The van der Waals surface area contributed by atoms with Crippen LogP contribution in [-0.2, 0) is 14.2 Å². The van der Waals surface area contributed by atoms with Crippen LogP contribution in [0.1, 0.15) is 6.92 Å². The maximum absolute atomic E-state index is 12.8. The fraction of sp³-hybridized carbons (Fsp3) is 0.444. The third kappa shape index (κ3) is 5.49. The van der Waals surface area contributed by atoms with Gasteiger partial charge in [0.05, 0.1) is 12.7 Å². The molecule has 0 amide bonds. The van der Waals surface area contributed by atoms with E-state index in [1.54, 1.807) is 0 Å². The Morgan fingerprint density at radius 2 is 1.40 bits per heavy atom. The van der Waals surface area contributed by atoms with Crippen molar-refractivity contribution in [3.05, 3.63) is 46.6 Å². The second-order valence-corrected chi connectivity index (χ2v) is 10.1. The van der Waals surface area contributed by atoms with Crippen molar-refractivity contribution in [3.63, 3.8) is 0 Å². The van der Waals surface area contributed by atoms with Crippen molar-refractivity contribution in [1.29, 1.82) is 0 Å². The predicted molar refractivity (Wildman–Crippen MR) is 139 cm³/mol. The summed E-state index contributed by atoms with van der Waals surface area (Å²) >= 11 is 0. The van der Waals surface area contributed by atoms with Gasteiger partial charge in [0, 0.05) is 17.7 Å². The van der Waals surface area contributed by atoms with Crippen molar-refractivity contribution >= 4 is 11.0 Å². The molecule has 15 nitrogen and oxygen atoms in total. The zero-order chi connectivity index (χ0) is 30.5. The average Bonchev–Trinajstić information content (AvgIpc) is 2.96. The molecular weight excluding hydrogens is 564 g/mol. The summed E-state index contributed by atoms with van der Waals surface area (Å²) in [6, 6.07) is 7.85. The van der Waals surface area contributed by atoms with Crippen LogP contribution in [0.4, 0.5) is 0 Å². The highest BCUT2D eigenvalue weighted by atomic mass is 16.7. The fourth-order valence-electron chi connectivity index (χ4n) is 4.74. The van der Waals surface area contributed by atoms with Crippen LogP contribution in [0.3, 0.4) is 0 Å². The Bertz CT molecular complexity index is 1470. The predicted octanol–water partition coefficient (Wildman–Crippen LogP) is -1.39. The van der Waals surface area contributed by atoms with Crippen molar-refractivity contribution in [3.8, 4) is 34.3 Å². The minimum absolute atomic E-state index is 0.0180. The summed E-state index contributed by atoms with van der Waals surface area (Å²) in [6.07, 6.45) is -15.6. The Balaban J connectivity index is 1.38. The van der Waals surface area contributed by atoms with Gasteiger partial charge in [-0.25, -0.2) is 0 Å². The summed E-state index contributed by atoms with van der Waals surface area (Å²) in [6.45, 7) is 0.884. The summed E-state index contributed by atoms with van der Waals surface area (Å²) in [5, 5.41) is 91.6. The Kier molecular flexibility index (Phi) is 8.30. The quantitative estimate of drug-likeness (QED) is 0.149. The minimum atomic E-state index is -1.88. The maximum Gasteiger partial charge on any atom is 0.229 e. The highest BCUT2D eigenvalue weighted by molar-refractivity contribution is 5.89. The lowest BCUT2D eigenvalue weighted by Crippen LogP contribution is -2.61. The topological polar surface area (TPSA) is 249 Å². The molecule has 0 aliphatic carbocycles. The van der Waals surface area contributed by atoms with Crippen molar-refractivity contribution in [2.75, 3.05) is 6.61 Å². The van der Waals surface area contributed by atoms with Gasteiger partial charge < -0.3 is 69.3 Å². The summed E-state index contributed by atoms with van der Waals surface area (Å²) in [4.78, 5) is 12.8. The molecule has 2 aliphatic rings. The molecule has 15 heteroatoms. The molecule has 2 aliphatic heterocycles. The molecule has 2 aromatic carbocycles. The van der Waals surface area contributed by atoms with Crippen LogP contribution in [0, 0.1) is 0 Å². The highest BCUT2D eigenvalue weighted by Gasteiger charge is 2.47. The summed E-state index contributed by atoms with van der Waals surface area (Å²) < 4.78 is 27.6. The number of phenols is 3. The van der Waals surface area contributed by atoms with E-state index in [0.717, 1.165) is 12.1 Å². The molecule has 2 fully saturated rings. The Morgan fingerprint density at radius 3 is 2.10 bits per heavy atom. The SMILES string of the molecule is C[C@H]1O[C@@H](OC[C@H]2O[C@@H](Oc3cc4oc(-c5ccc(O)cc5)cc(=O)c4c(O)c3O)[C@H](O)[C@H](O)[C@@H]2O)[C@H](O)[C@H](O)[C@H]1O. The smallest absolute Gasteiger partial charge is 0.229 e.